The zero-order valence-corrected chi connectivity index (χ0v) is 13.6. The summed E-state index contributed by atoms with van der Waals surface area (Å²) < 4.78 is 28.8. The number of sulfonamides is 1. The van der Waals surface area contributed by atoms with Gasteiger partial charge in [0.2, 0.25) is 0 Å². The average Bonchev–Trinajstić information content (AvgIpc) is 3.13. The normalized spacial score (nSPS) is 11.5. The van der Waals surface area contributed by atoms with Gasteiger partial charge in [-0.05, 0) is 23.9 Å². The maximum atomic E-state index is 12.1. The topological polar surface area (TPSA) is 64.0 Å². The second-order valence-electron chi connectivity index (χ2n) is 4.95. The van der Waals surface area contributed by atoms with Gasteiger partial charge in [0.05, 0.1) is 18.4 Å². The lowest BCUT2D eigenvalue weighted by molar-refractivity contribution is 0.603. The minimum Gasteiger partial charge on any atom is -0.276 e. The first-order valence-corrected chi connectivity index (χ1v) is 9.03. The molecule has 7 heteroatoms. The summed E-state index contributed by atoms with van der Waals surface area (Å²) in [5.74, 6) is 0. The summed E-state index contributed by atoms with van der Waals surface area (Å²) in [6.45, 7) is 2.64. The van der Waals surface area contributed by atoms with Crippen molar-refractivity contribution in [1.82, 2.24) is 9.78 Å². The molecule has 0 atom stereocenters. The van der Waals surface area contributed by atoms with Gasteiger partial charge in [-0.1, -0.05) is 35.9 Å². The summed E-state index contributed by atoms with van der Waals surface area (Å²) in [5.41, 5.74) is 2.77. The number of rotatable bonds is 5. The molecule has 22 heavy (non-hydrogen) atoms. The molecule has 2 heterocycles. The average molecular weight is 333 g/mol. The maximum absolute atomic E-state index is 12.1. The van der Waals surface area contributed by atoms with Crippen molar-refractivity contribution in [3.05, 3.63) is 65.3 Å². The summed E-state index contributed by atoms with van der Waals surface area (Å²) in [7, 11) is -3.52. The highest BCUT2D eigenvalue weighted by Crippen LogP contribution is 2.20. The molecule has 3 aromatic rings. The molecule has 0 spiro atoms. The van der Waals surface area contributed by atoms with Crippen LogP contribution in [0.25, 0.3) is 0 Å². The third kappa shape index (κ3) is 3.37. The number of nitrogens with one attached hydrogen (secondary N) is 1. The van der Waals surface area contributed by atoms with Crippen LogP contribution in [0, 0.1) is 6.92 Å². The molecule has 0 saturated carbocycles. The van der Waals surface area contributed by atoms with Gasteiger partial charge in [0.15, 0.2) is 0 Å². The fourth-order valence-corrected chi connectivity index (χ4v) is 4.03. The van der Waals surface area contributed by atoms with Crippen molar-refractivity contribution in [3.63, 3.8) is 0 Å². The van der Waals surface area contributed by atoms with Crippen LogP contribution in [0.3, 0.4) is 0 Å². The number of anilines is 1. The molecule has 0 aliphatic rings. The van der Waals surface area contributed by atoms with E-state index >= 15 is 0 Å². The maximum Gasteiger partial charge on any atom is 0.271 e. The SMILES string of the molecule is Cc1ccc(Cn2cc(NS(=O)(=O)c3cccs3)cn2)cc1. The Labute approximate surface area is 133 Å². The second-order valence-corrected chi connectivity index (χ2v) is 7.81. The molecule has 0 aliphatic heterocycles. The fourth-order valence-electron chi connectivity index (χ4n) is 2.01. The lowest BCUT2D eigenvalue weighted by Gasteiger charge is -2.03. The van der Waals surface area contributed by atoms with Crippen LogP contribution in [0.1, 0.15) is 11.1 Å². The lowest BCUT2D eigenvalue weighted by Crippen LogP contribution is -2.10. The zero-order valence-electron chi connectivity index (χ0n) is 11.9. The van der Waals surface area contributed by atoms with E-state index < -0.39 is 10.0 Å². The van der Waals surface area contributed by atoms with E-state index in [4.69, 9.17) is 0 Å². The minimum absolute atomic E-state index is 0.291. The highest BCUT2D eigenvalue weighted by atomic mass is 32.2. The van der Waals surface area contributed by atoms with Gasteiger partial charge in [-0.2, -0.15) is 5.10 Å². The first-order valence-electron chi connectivity index (χ1n) is 6.67. The fraction of sp³-hybridized carbons (Fsp3) is 0.133. The molecule has 5 nitrogen and oxygen atoms in total. The van der Waals surface area contributed by atoms with Crippen LogP contribution in [-0.2, 0) is 16.6 Å². The van der Waals surface area contributed by atoms with Crippen LogP contribution in [0.5, 0.6) is 0 Å². The molecule has 1 aromatic carbocycles. The number of nitrogens with zero attached hydrogens (tertiary/aromatic N) is 2. The molecule has 114 valence electrons. The number of hydrogen-bond donors (Lipinski definition) is 1. The first kappa shape index (κ1) is 14.8. The summed E-state index contributed by atoms with van der Waals surface area (Å²) in [6, 6.07) is 11.4. The van der Waals surface area contributed by atoms with Crippen LogP contribution < -0.4 is 4.72 Å². The van der Waals surface area contributed by atoms with Crippen LogP contribution in [0.15, 0.2) is 58.4 Å². The van der Waals surface area contributed by atoms with Gasteiger partial charge in [-0.25, -0.2) is 8.42 Å². The Morgan fingerprint density at radius 1 is 1.23 bits per heavy atom. The molecule has 0 aliphatic carbocycles. The van der Waals surface area contributed by atoms with E-state index in [1.807, 2.05) is 31.2 Å². The van der Waals surface area contributed by atoms with Crippen LogP contribution in [0.4, 0.5) is 5.69 Å². The number of hydrogen-bond acceptors (Lipinski definition) is 4. The monoisotopic (exact) mass is 333 g/mol. The minimum atomic E-state index is -3.52. The quantitative estimate of drug-likeness (QED) is 0.780. The lowest BCUT2D eigenvalue weighted by atomic mass is 10.1. The Morgan fingerprint density at radius 2 is 2.00 bits per heavy atom. The largest absolute Gasteiger partial charge is 0.276 e. The first-order chi connectivity index (χ1) is 10.5. The third-order valence-electron chi connectivity index (χ3n) is 3.11. The van der Waals surface area contributed by atoms with Crippen LogP contribution in [0.2, 0.25) is 0 Å². The molecule has 0 fully saturated rings. The van der Waals surface area contributed by atoms with E-state index in [9.17, 15) is 8.42 Å². The van der Waals surface area contributed by atoms with E-state index in [1.165, 1.54) is 23.1 Å². The highest BCUT2D eigenvalue weighted by molar-refractivity contribution is 7.94. The summed E-state index contributed by atoms with van der Waals surface area (Å²) in [5, 5.41) is 5.92. The van der Waals surface area contributed by atoms with E-state index in [0.29, 0.717) is 16.4 Å². The molecular weight excluding hydrogens is 318 g/mol. The molecular formula is C15H15N3O2S2. The van der Waals surface area contributed by atoms with Crippen molar-refractivity contribution in [2.24, 2.45) is 0 Å². The standard InChI is InChI=1S/C15H15N3O2S2/c1-12-4-6-13(7-5-12)10-18-11-14(9-16-18)17-22(19,20)15-3-2-8-21-15/h2-9,11,17H,10H2,1H3. The van der Waals surface area contributed by atoms with Gasteiger partial charge in [0.1, 0.15) is 4.21 Å². The number of benzene rings is 1. The van der Waals surface area contributed by atoms with E-state index in [-0.39, 0.29) is 0 Å². The van der Waals surface area contributed by atoms with Crippen molar-refractivity contribution in [2.75, 3.05) is 4.72 Å². The van der Waals surface area contributed by atoms with Gasteiger partial charge in [-0.15, -0.1) is 11.3 Å². The third-order valence-corrected chi connectivity index (χ3v) is 5.89. The number of thiophene rings is 1. The highest BCUT2D eigenvalue weighted by Gasteiger charge is 2.15. The number of aryl methyl sites for hydroxylation is 1. The van der Waals surface area contributed by atoms with Crippen LogP contribution in [-0.4, -0.2) is 18.2 Å². The van der Waals surface area contributed by atoms with Crippen molar-refractivity contribution < 1.29 is 8.42 Å². The van der Waals surface area contributed by atoms with E-state index in [2.05, 4.69) is 9.82 Å². The van der Waals surface area contributed by atoms with Gasteiger partial charge >= 0.3 is 0 Å². The van der Waals surface area contributed by atoms with Gasteiger partial charge in [0.25, 0.3) is 10.0 Å². The molecule has 0 bridgehead atoms. The molecule has 3 rings (SSSR count). The molecule has 0 radical (unpaired) electrons. The summed E-state index contributed by atoms with van der Waals surface area (Å²) in [6.07, 6.45) is 3.20. The molecule has 1 N–H and O–H groups in total. The Kier molecular flexibility index (Phi) is 4.00. The Bertz CT molecular complexity index is 851. The summed E-state index contributed by atoms with van der Waals surface area (Å²) >= 11 is 1.18. The zero-order chi connectivity index (χ0) is 15.6. The molecule has 0 unspecified atom stereocenters. The predicted octanol–water partition coefficient (Wildman–Crippen LogP) is 3.10. The van der Waals surface area contributed by atoms with Crippen molar-refractivity contribution in [2.45, 2.75) is 17.7 Å². The van der Waals surface area contributed by atoms with Crippen molar-refractivity contribution >= 4 is 27.0 Å². The second kappa shape index (κ2) is 5.94. The Hall–Kier alpha value is -2.12. The van der Waals surface area contributed by atoms with Gasteiger partial charge < -0.3 is 0 Å². The van der Waals surface area contributed by atoms with Crippen molar-refractivity contribution in [3.8, 4) is 0 Å². The number of aromatic nitrogens is 2. The van der Waals surface area contributed by atoms with E-state index in [1.54, 1.807) is 28.4 Å². The predicted molar refractivity (Wildman–Crippen MR) is 87.6 cm³/mol. The van der Waals surface area contributed by atoms with Crippen LogP contribution >= 0.6 is 11.3 Å². The van der Waals surface area contributed by atoms with E-state index in [0.717, 1.165) is 5.56 Å². The Morgan fingerprint density at radius 3 is 2.68 bits per heavy atom. The molecule has 0 amide bonds. The van der Waals surface area contributed by atoms with Gasteiger partial charge in [-0.3, -0.25) is 9.40 Å². The van der Waals surface area contributed by atoms with Gasteiger partial charge in [0, 0.05) is 6.20 Å². The van der Waals surface area contributed by atoms with Crippen molar-refractivity contribution in [1.29, 1.82) is 0 Å². The molecule has 2 aromatic heterocycles. The smallest absolute Gasteiger partial charge is 0.271 e. The molecule has 0 saturated heterocycles. The Balaban J connectivity index is 1.73. The summed E-state index contributed by atoms with van der Waals surface area (Å²) in [4.78, 5) is 0.